The molecule has 4 N–H and O–H groups in total. The van der Waals surface area contributed by atoms with E-state index < -0.39 is 28.9 Å². The molecule has 2 unspecified atom stereocenters. The van der Waals surface area contributed by atoms with E-state index in [0.29, 0.717) is 45.5 Å². The third-order valence-electron chi connectivity index (χ3n) is 12.4. The number of fused-ring (bicyclic) bond motifs is 2. The summed E-state index contributed by atoms with van der Waals surface area (Å²) >= 11 is 0. The predicted octanol–water partition coefficient (Wildman–Crippen LogP) is 8.28. The number of carbonyl (C=O) groups excluding carboxylic acids is 2. The van der Waals surface area contributed by atoms with Crippen LogP contribution in [0.5, 0.6) is 11.5 Å². The van der Waals surface area contributed by atoms with Crippen LogP contribution in [-0.4, -0.2) is 79.5 Å². The first kappa shape index (κ1) is 43.9. The quantitative estimate of drug-likeness (QED) is 0.0907. The van der Waals surface area contributed by atoms with Gasteiger partial charge in [0.1, 0.15) is 40.8 Å². The first-order valence-electron chi connectivity index (χ1n) is 21.3. The van der Waals surface area contributed by atoms with Crippen molar-refractivity contribution in [1.82, 2.24) is 30.7 Å². The highest BCUT2D eigenvalue weighted by Crippen LogP contribution is 2.49. The molecular weight excluding hydrogens is 857 g/mol. The SMILES string of the molecule is COc1ccccc1C1c2c(n[nH]c2C(C)(C)C(=O)O)C(=O)N1c1ccc(-c2ccon2)cc1.COc1ccccc1C1c2c(n[nH]c2C(C)(C)CO)C(=O)N1c1ccc(-c2ccon2)cc1. The van der Waals surface area contributed by atoms with Crippen molar-refractivity contribution in [2.24, 2.45) is 0 Å². The molecule has 6 heterocycles. The Labute approximate surface area is 383 Å². The van der Waals surface area contributed by atoms with Crippen molar-refractivity contribution in [3.8, 4) is 34.0 Å². The number of hydrogen-bond donors (Lipinski definition) is 4. The number of aromatic amines is 2. The lowest BCUT2D eigenvalue weighted by molar-refractivity contribution is -0.142. The number of H-pyrrole nitrogens is 2. The molecule has 2 aliphatic heterocycles. The number of ether oxygens (including phenoxy) is 2. The highest BCUT2D eigenvalue weighted by molar-refractivity contribution is 6.12. The van der Waals surface area contributed by atoms with Gasteiger partial charge >= 0.3 is 5.97 Å². The van der Waals surface area contributed by atoms with Gasteiger partial charge in [0.25, 0.3) is 11.8 Å². The van der Waals surface area contributed by atoms with Crippen LogP contribution in [0.3, 0.4) is 0 Å². The molecule has 0 bridgehead atoms. The number of hydrogen-bond acceptors (Lipinski definition) is 12. The Morgan fingerprint density at radius 2 is 1.06 bits per heavy atom. The molecule has 0 saturated carbocycles. The number of aliphatic hydroxyl groups is 1. The first-order chi connectivity index (χ1) is 32.3. The number of aliphatic carboxylic acids is 1. The van der Waals surface area contributed by atoms with Gasteiger partial charge in [0.2, 0.25) is 0 Å². The maximum atomic E-state index is 13.6. The number of nitrogens with one attached hydrogen (secondary N) is 2. The topological polar surface area (TPSA) is 226 Å². The number of methoxy groups -OCH3 is 2. The van der Waals surface area contributed by atoms with Gasteiger partial charge in [-0.3, -0.25) is 34.4 Å². The van der Waals surface area contributed by atoms with Gasteiger partial charge in [-0.1, -0.05) is 84.8 Å². The fourth-order valence-electron chi connectivity index (χ4n) is 8.67. The fraction of sp³-hybridized carbons (Fsp3) is 0.220. The summed E-state index contributed by atoms with van der Waals surface area (Å²) in [6, 6.07) is 32.4. The number of carboxylic acid groups (broad SMARTS) is 1. The Kier molecular flexibility index (Phi) is 11.3. The number of aliphatic hydroxyl groups excluding tert-OH is 1. The number of amides is 2. The molecule has 0 spiro atoms. The average Bonchev–Trinajstić information content (AvgIpc) is 4.22. The maximum Gasteiger partial charge on any atom is 0.315 e. The lowest BCUT2D eigenvalue weighted by Crippen LogP contribution is -2.33. The summed E-state index contributed by atoms with van der Waals surface area (Å²) in [5.41, 5.74) is 7.04. The molecule has 4 aromatic carbocycles. The zero-order valence-electron chi connectivity index (χ0n) is 37.3. The van der Waals surface area contributed by atoms with Crippen LogP contribution >= 0.6 is 0 Å². The summed E-state index contributed by atoms with van der Waals surface area (Å²) in [6.45, 7) is 6.91. The number of aromatic nitrogens is 6. The van der Waals surface area contributed by atoms with Crippen LogP contribution in [0.2, 0.25) is 0 Å². The Hall–Kier alpha value is -8.31. The van der Waals surface area contributed by atoms with E-state index in [1.807, 2.05) is 111 Å². The molecule has 10 rings (SSSR count). The minimum Gasteiger partial charge on any atom is -0.496 e. The summed E-state index contributed by atoms with van der Waals surface area (Å²) in [7, 11) is 3.17. The number of carbonyl (C=O) groups is 3. The minimum atomic E-state index is -1.30. The molecule has 4 aromatic heterocycles. The number of benzene rings is 4. The molecule has 17 heteroatoms. The summed E-state index contributed by atoms with van der Waals surface area (Å²) in [5.74, 6) is -0.324. The summed E-state index contributed by atoms with van der Waals surface area (Å²) in [5, 5.41) is 42.3. The molecular formula is C50H46N8O9. The molecule has 2 amide bonds. The van der Waals surface area contributed by atoms with E-state index in [0.717, 1.165) is 39.2 Å². The van der Waals surface area contributed by atoms with Crippen molar-refractivity contribution in [2.45, 2.75) is 50.6 Å². The number of rotatable bonds is 12. The van der Waals surface area contributed by atoms with Crippen molar-refractivity contribution < 1.29 is 43.1 Å². The van der Waals surface area contributed by atoms with Gasteiger partial charge in [0.05, 0.1) is 38.6 Å². The second-order valence-corrected chi connectivity index (χ2v) is 17.2. The molecule has 2 atom stereocenters. The average molecular weight is 903 g/mol. The second kappa shape index (κ2) is 17.2. The third kappa shape index (κ3) is 7.48. The van der Waals surface area contributed by atoms with Gasteiger partial charge in [-0.25, -0.2) is 0 Å². The Balaban J connectivity index is 0.000000168. The van der Waals surface area contributed by atoms with Gasteiger partial charge in [-0.15, -0.1) is 0 Å². The molecule has 0 aliphatic carbocycles. The Bertz CT molecular complexity index is 3080. The van der Waals surface area contributed by atoms with Crippen molar-refractivity contribution in [3.63, 3.8) is 0 Å². The van der Waals surface area contributed by atoms with Crippen LogP contribution in [0.25, 0.3) is 22.5 Å². The normalized spacial score (nSPS) is 15.6. The smallest absolute Gasteiger partial charge is 0.315 e. The van der Waals surface area contributed by atoms with E-state index in [2.05, 4.69) is 30.7 Å². The van der Waals surface area contributed by atoms with Crippen molar-refractivity contribution >= 4 is 29.2 Å². The van der Waals surface area contributed by atoms with Crippen LogP contribution in [0.15, 0.2) is 131 Å². The van der Waals surface area contributed by atoms with Crippen molar-refractivity contribution in [3.05, 3.63) is 167 Å². The maximum absolute atomic E-state index is 13.6. The molecule has 67 heavy (non-hydrogen) atoms. The van der Waals surface area contributed by atoms with Crippen molar-refractivity contribution in [1.29, 1.82) is 0 Å². The Morgan fingerprint density at radius 3 is 1.45 bits per heavy atom. The van der Waals surface area contributed by atoms with E-state index in [-0.39, 0.29) is 24.1 Å². The zero-order valence-corrected chi connectivity index (χ0v) is 37.3. The molecule has 8 aromatic rings. The van der Waals surface area contributed by atoms with Gasteiger partial charge in [0, 0.05) is 68.0 Å². The number of carboxylic acids is 1. The number of anilines is 2. The van der Waals surface area contributed by atoms with Gasteiger partial charge in [-0.2, -0.15) is 10.2 Å². The summed E-state index contributed by atoms with van der Waals surface area (Å²) in [4.78, 5) is 42.7. The standard InChI is InChI=1S/C25H22N4O5.C25H24N4O4/c1-25(2,24(31)32)22-19-20(26-27-22)23(30)29(21(19)16-6-4-5-7-18(16)33-3)15-10-8-14(9-11-15)17-12-13-34-28-17;1-25(2,14-30)23-20-21(26-27-23)24(31)29(22(20)17-6-4-5-7-19(17)32-3)16-10-8-15(9-11-16)18-12-13-33-28-18/h4-13,21H,1-3H3,(H,26,27)(H,31,32);4-13,22,30H,14H2,1-3H3,(H,26,27). The molecule has 17 nitrogen and oxygen atoms in total. The molecule has 0 radical (unpaired) electrons. The molecule has 0 saturated heterocycles. The van der Waals surface area contributed by atoms with E-state index in [4.69, 9.17) is 18.5 Å². The van der Waals surface area contributed by atoms with Gasteiger partial charge in [-0.05, 0) is 50.2 Å². The largest absolute Gasteiger partial charge is 0.496 e. The van der Waals surface area contributed by atoms with Crippen LogP contribution < -0.4 is 19.3 Å². The van der Waals surface area contributed by atoms with Crippen LogP contribution in [0, 0.1) is 0 Å². The number of para-hydroxylation sites is 2. The lowest BCUT2D eigenvalue weighted by Gasteiger charge is -2.30. The van der Waals surface area contributed by atoms with E-state index in [1.54, 1.807) is 50.0 Å². The fourth-order valence-corrected chi connectivity index (χ4v) is 8.67. The van der Waals surface area contributed by atoms with Crippen LogP contribution in [-0.2, 0) is 15.6 Å². The molecule has 0 fully saturated rings. The van der Waals surface area contributed by atoms with Crippen molar-refractivity contribution in [2.75, 3.05) is 30.6 Å². The van der Waals surface area contributed by atoms with E-state index >= 15 is 0 Å². The minimum absolute atomic E-state index is 0.0964. The summed E-state index contributed by atoms with van der Waals surface area (Å²) < 4.78 is 21.1. The zero-order chi connectivity index (χ0) is 47.2. The van der Waals surface area contributed by atoms with E-state index in [9.17, 15) is 24.6 Å². The highest BCUT2D eigenvalue weighted by Gasteiger charge is 2.49. The Morgan fingerprint density at radius 1 is 0.642 bits per heavy atom. The summed E-state index contributed by atoms with van der Waals surface area (Å²) in [6.07, 6.45) is 3.02. The predicted molar refractivity (Wildman–Crippen MR) is 245 cm³/mol. The monoisotopic (exact) mass is 902 g/mol. The molecule has 340 valence electrons. The van der Waals surface area contributed by atoms with E-state index in [1.165, 1.54) is 12.5 Å². The third-order valence-corrected chi connectivity index (χ3v) is 12.4. The van der Waals surface area contributed by atoms with Gasteiger partial charge < -0.3 is 28.7 Å². The van der Waals surface area contributed by atoms with Crippen LogP contribution in [0.1, 0.15) is 94.4 Å². The molecule has 2 aliphatic rings. The second-order valence-electron chi connectivity index (χ2n) is 17.2. The highest BCUT2D eigenvalue weighted by atomic mass is 16.5. The van der Waals surface area contributed by atoms with Gasteiger partial charge in [0.15, 0.2) is 11.4 Å². The number of nitrogens with zero attached hydrogens (tertiary/aromatic N) is 6. The van der Waals surface area contributed by atoms with Crippen LogP contribution in [0.4, 0.5) is 11.4 Å². The lowest BCUT2D eigenvalue weighted by atomic mass is 9.83. The first-order valence-corrected chi connectivity index (χ1v) is 21.3.